The Kier molecular flexibility index (Phi) is 5.28. The molecule has 5 nitrogen and oxygen atoms in total. The Hall–Kier alpha value is -6.07. The molecular weight excluding hydrogens is 576 g/mol. The van der Waals surface area contributed by atoms with Crippen molar-refractivity contribution >= 4 is 54.3 Å². The van der Waals surface area contributed by atoms with E-state index in [0.717, 1.165) is 82.9 Å². The van der Waals surface area contributed by atoms with Gasteiger partial charge >= 0.3 is 0 Å². The summed E-state index contributed by atoms with van der Waals surface area (Å²) in [5, 5.41) is 7.93. The lowest BCUT2D eigenvalue weighted by Gasteiger charge is -2.35. The van der Waals surface area contributed by atoms with Crippen molar-refractivity contribution in [3.63, 3.8) is 0 Å². The van der Waals surface area contributed by atoms with E-state index in [0.29, 0.717) is 5.95 Å². The van der Waals surface area contributed by atoms with E-state index in [2.05, 4.69) is 128 Å². The first kappa shape index (κ1) is 26.2. The zero-order valence-corrected chi connectivity index (χ0v) is 25.9. The first-order chi connectivity index (χ1) is 23.1. The summed E-state index contributed by atoms with van der Waals surface area (Å²) in [6.07, 6.45) is 1.85. The van der Waals surface area contributed by atoms with Crippen LogP contribution in [-0.4, -0.2) is 19.5 Å². The third-order valence-electron chi connectivity index (χ3n) is 9.81. The van der Waals surface area contributed by atoms with Crippen molar-refractivity contribution in [2.75, 3.05) is 0 Å². The van der Waals surface area contributed by atoms with Gasteiger partial charge in [0.25, 0.3) is 0 Å². The molecular formula is C42H28N4O. The lowest BCUT2D eigenvalue weighted by Crippen LogP contribution is -2.26. The Morgan fingerprint density at radius 3 is 2.19 bits per heavy atom. The van der Waals surface area contributed by atoms with Crippen LogP contribution >= 0.6 is 0 Å². The molecule has 0 amide bonds. The Labute approximate surface area is 270 Å². The van der Waals surface area contributed by atoms with Crippen molar-refractivity contribution in [3.8, 4) is 28.7 Å². The van der Waals surface area contributed by atoms with E-state index >= 15 is 0 Å². The van der Waals surface area contributed by atoms with Gasteiger partial charge in [-0.1, -0.05) is 103 Å². The molecule has 9 aromatic rings. The number of benzene rings is 6. The molecule has 0 atom stereocenters. The van der Waals surface area contributed by atoms with Gasteiger partial charge in [-0.15, -0.1) is 0 Å². The molecule has 1 aliphatic rings. The van der Waals surface area contributed by atoms with E-state index in [1.54, 1.807) is 0 Å². The molecule has 10 rings (SSSR count). The lowest BCUT2D eigenvalue weighted by atomic mass is 9.75. The van der Waals surface area contributed by atoms with Crippen LogP contribution < -0.4 is 4.74 Å². The summed E-state index contributed by atoms with van der Waals surface area (Å²) >= 11 is 0. The topological polar surface area (TPSA) is 52.8 Å². The number of rotatable bonds is 2. The van der Waals surface area contributed by atoms with Gasteiger partial charge in [-0.05, 0) is 59.7 Å². The number of ether oxygens (including phenoxy) is 1. The summed E-state index contributed by atoms with van der Waals surface area (Å²) in [4.78, 5) is 15.6. The average Bonchev–Trinajstić information content (AvgIpc) is 3.47. The van der Waals surface area contributed by atoms with Crippen LogP contribution in [0.3, 0.4) is 0 Å². The van der Waals surface area contributed by atoms with E-state index in [1.807, 2.05) is 24.4 Å². The molecule has 0 aliphatic carbocycles. The molecule has 0 saturated carbocycles. The number of hydrogen-bond donors (Lipinski definition) is 0. The Bertz CT molecular complexity index is 2740. The lowest BCUT2D eigenvalue weighted by molar-refractivity contribution is 0.415. The fourth-order valence-electron chi connectivity index (χ4n) is 7.78. The zero-order chi connectivity index (χ0) is 31.3. The number of aromatic nitrogens is 4. The third kappa shape index (κ3) is 3.57. The smallest absolute Gasteiger partial charge is 0.235 e. The van der Waals surface area contributed by atoms with Crippen LogP contribution in [0.15, 0.2) is 134 Å². The van der Waals surface area contributed by atoms with Gasteiger partial charge in [-0.2, -0.15) is 0 Å². The molecule has 1 aliphatic heterocycles. The number of nitrogens with zero attached hydrogens (tertiary/aromatic N) is 4. The van der Waals surface area contributed by atoms with Crippen molar-refractivity contribution in [3.05, 3.63) is 145 Å². The molecule has 5 heteroatoms. The SMILES string of the molecule is CC1(C)c2ncccc2Oc2c1c1ccccc1c1c3ccccc3n(-c3nc(-c4ccccc4)c4c(ccc5ccccc54)n3)c21. The second-order valence-corrected chi connectivity index (χ2v) is 12.8. The van der Waals surface area contributed by atoms with Crippen LogP contribution in [0.4, 0.5) is 0 Å². The minimum atomic E-state index is -0.419. The van der Waals surface area contributed by atoms with E-state index < -0.39 is 5.41 Å². The van der Waals surface area contributed by atoms with E-state index in [4.69, 9.17) is 19.7 Å². The molecule has 0 spiro atoms. The minimum absolute atomic E-state index is 0.419. The Morgan fingerprint density at radius 1 is 0.617 bits per heavy atom. The number of hydrogen-bond acceptors (Lipinski definition) is 4. The van der Waals surface area contributed by atoms with Gasteiger partial charge in [0.05, 0.1) is 22.4 Å². The summed E-state index contributed by atoms with van der Waals surface area (Å²) in [6.45, 7) is 4.49. The molecule has 222 valence electrons. The molecule has 0 radical (unpaired) electrons. The largest absolute Gasteiger partial charge is 0.453 e. The summed E-state index contributed by atoms with van der Waals surface area (Å²) in [6, 6.07) is 44.4. The molecule has 0 bridgehead atoms. The summed E-state index contributed by atoms with van der Waals surface area (Å²) in [5.74, 6) is 2.20. The van der Waals surface area contributed by atoms with Crippen LogP contribution in [0, 0.1) is 0 Å². The highest BCUT2D eigenvalue weighted by Gasteiger charge is 2.40. The minimum Gasteiger partial charge on any atom is -0.453 e. The van der Waals surface area contributed by atoms with Gasteiger partial charge in [0, 0.05) is 38.9 Å². The molecule has 0 N–H and O–H groups in total. The summed E-state index contributed by atoms with van der Waals surface area (Å²) in [7, 11) is 0. The van der Waals surface area contributed by atoms with E-state index in [9.17, 15) is 0 Å². The average molecular weight is 605 g/mol. The molecule has 6 aromatic carbocycles. The van der Waals surface area contributed by atoms with Gasteiger partial charge in [-0.3, -0.25) is 9.55 Å². The van der Waals surface area contributed by atoms with Crippen LogP contribution in [0.5, 0.6) is 11.5 Å². The number of para-hydroxylation sites is 1. The standard InChI is InChI=1S/C42H28N4O/c1-42(2)36-29-18-9-8-17-28(29)34-30-19-10-11-20-32(30)46(38(34)39(36)47-33-21-12-24-43-40(33)42)41-44-31-23-22-25-13-6-7-16-27(25)35(31)37(45-41)26-14-4-3-5-15-26/h3-24H,1-2H3. The van der Waals surface area contributed by atoms with Gasteiger partial charge in [0.2, 0.25) is 5.95 Å². The van der Waals surface area contributed by atoms with Crippen molar-refractivity contribution in [1.29, 1.82) is 0 Å². The molecule has 0 saturated heterocycles. The molecule has 47 heavy (non-hydrogen) atoms. The highest BCUT2D eigenvalue weighted by molar-refractivity contribution is 6.24. The second-order valence-electron chi connectivity index (χ2n) is 12.8. The van der Waals surface area contributed by atoms with Crippen LogP contribution in [0.1, 0.15) is 25.1 Å². The monoisotopic (exact) mass is 604 g/mol. The van der Waals surface area contributed by atoms with Crippen LogP contribution in [0.2, 0.25) is 0 Å². The quantitative estimate of drug-likeness (QED) is 0.184. The van der Waals surface area contributed by atoms with Gasteiger partial charge in [-0.25, -0.2) is 9.97 Å². The fourth-order valence-corrected chi connectivity index (χ4v) is 7.78. The Balaban J connectivity index is 1.41. The van der Waals surface area contributed by atoms with Crippen molar-refractivity contribution in [1.82, 2.24) is 19.5 Å². The zero-order valence-electron chi connectivity index (χ0n) is 25.9. The fraction of sp³-hybridized carbons (Fsp3) is 0.0714. The number of pyridine rings is 1. The third-order valence-corrected chi connectivity index (χ3v) is 9.81. The first-order valence-electron chi connectivity index (χ1n) is 16.0. The van der Waals surface area contributed by atoms with Crippen molar-refractivity contribution in [2.45, 2.75) is 19.3 Å². The number of fused-ring (bicyclic) bond motifs is 12. The van der Waals surface area contributed by atoms with Crippen molar-refractivity contribution < 1.29 is 4.74 Å². The van der Waals surface area contributed by atoms with Gasteiger partial charge < -0.3 is 4.74 Å². The predicted octanol–water partition coefficient (Wildman–Crippen LogP) is 10.5. The summed E-state index contributed by atoms with van der Waals surface area (Å²) < 4.78 is 9.16. The maximum absolute atomic E-state index is 6.95. The van der Waals surface area contributed by atoms with Gasteiger partial charge in [0.1, 0.15) is 11.3 Å². The van der Waals surface area contributed by atoms with Gasteiger partial charge in [0.15, 0.2) is 5.75 Å². The normalized spacial score (nSPS) is 13.7. The molecule has 3 aromatic heterocycles. The predicted molar refractivity (Wildman–Crippen MR) is 191 cm³/mol. The maximum Gasteiger partial charge on any atom is 0.235 e. The Morgan fingerprint density at radius 2 is 1.34 bits per heavy atom. The highest BCUT2D eigenvalue weighted by Crippen LogP contribution is 2.55. The van der Waals surface area contributed by atoms with Crippen LogP contribution in [0.25, 0.3) is 71.5 Å². The van der Waals surface area contributed by atoms with Crippen LogP contribution in [-0.2, 0) is 5.41 Å². The molecule has 0 fully saturated rings. The maximum atomic E-state index is 6.95. The van der Waals surface area contributed by atoms with Crippen molar-refractivity contribution in [2.24, 2.45) is 0 Å². The van der Waals surface area contributed by atoms with E-state index in [1.165, 1.54) is 5.39 Å². The van der Waals surface area contributed by atoms with E-state index in [-0.39, 0.29) is 0 Å². The molecule has 0 unspecified atom stereocenters. The highest BCUT2D eigenvalue weighted by atomic mass is 16.5. The molecule has 4 heterocycles. The second kappa shape index (κ2) is 9.47. The first-order valence-corrected chi connectivity index (χ1v) is 16.0. The summed E-state index contributed by atoms with van der Waals surface area (Å²) in [5.41, 5.74) is 6.45.